The summed E-state index contributed by atoms with van der Waals surface area (Å²) in [6, 6.07) is 3.17. The monoisotopic (exact) mass is 320 g/mol. The van der Waals surface area contributed by atoms with Crippen molar-refractivity contribution in [1.82, 2.24) is 0 Å². The Morgan fingerprint density at radius 2 is 1.43 bits per heavy atom. The minimum absolute atomic E-state index is 0.0745. The second-order valence-corrected chi connectivity index (χ2v) is 6.11. The van der Waals surface area contributed by atoms with Crippen molar-refractivity contribution in [3.8, 4) is 0 Å². The number of aromatic carboxylic acids is 2. The topological polar surface area (TPSA) is 74.6 Å². The summed E-state index contributed by atoms with van der Waals surface area (Å²) >= 11 is 0. The number of hydrogen-bond acceptors (Lipinski definition) is 2. The zero-order chi connectivity index (χ0) is 17.2. The van der Waals surface area contributed by atoms with Crippen molar-refractivity contribution < 1.29 is 19.8 Å². The fraction of sp³-hybridized carbons (Fsp3) is 0.579. The van der Waals surface area contributed by atoms with Gasteiger partial charge in [-0.1, -0.05) is 57.9 Å². The SMILES string of the molecule is CCCCCCCCCCc1ccc(C(=O)O)c(C(=O)O)c1C. The molecule has 23 heavy (non-hydrogen) atoms. The summed E-state index contributed by atoms with van der Waals surface area (Å²) in [5.74, 6) is -2.36. The summed E-state index contributed by atoms with van der Waals surface area (Å²) < 4.78 is 0. The van der Waals surface area contributed by atoms with Crippen molar-refractivity contribution in [2.75, 3.05) is 0 Å². The van der Waals surface area contributed by atoms with Gasteiger partial charge in [0.25, 0.3) is 0 Å². The highest BCUT2D eigenvalue weighted by molar-refractivity contribution is 6.03. The van der Waals surface area contributed by atoms with Crippen LogP contribution < -0.4 is 0 Å². The van der Waals surface area contributed by atoms with Gasteiger partial charge in [0, 0.05) is 0 Å². The van der Waals surface area contributed by atoms with E-state index >= 15 is 0 Å². The van der Waals surface area contributed by atoms with Crippen molar-refractivity contribution in [3.63, 3.8) is 0 Å². The van der Waals surface area contributed by atoms with Crippen LogP contribution in [0.25, 0.3) is 0 Å². The molecule has 0 saturated heterocycles. The van der Waals surface area contributed by atoms with E-state index in [2.05, 4.69) is 6.92 Å². The Morgan fingerprint density at radius 3 is 1.96 bits per heavy atom. The Balaban J connectivity index is 2.53. The second kappa shape index (κ2) is 10.0. The van der Waals surface area contributed by atoms with E-state index in [1.54, 1.807) is 13.0 Å². The molecular weight excluding hydrogens is 292 g/mol. The minimum atomic E-state index is -1.19. The molecule has 1 aromatic rings. The molecule has 0 aliphatic carbocycles. The summed E-state index contributed by atoms with van der Waals surface area (Å²) in [5, 5.41) is 18.4. The first-order valence-corrected chi connectivity index (χ1v) is 8.58. The summed E-state index contributed by atoms with van der Waals surface area (Å²) in [6.07, 6.45) is 10.6. The fourth-order valence-corrected chi connectivity index (χ4v) is 2.93. The summed E-state index contributed by atoms with van der Waals surface area (Å²) in [6.45, 7) is 3.92. The average molecular weight is 320 g/mol. The molecule has 0 fully saturated rings. The zero-order valence-corrected chi connectivity index (χ0v) is 14.2. The van der Waals surface area contributed by atoms with E-state index in [1.807, 2.05) is 0 Å². The average Bonchev–Trinajstić information content (AvgIpc) is 2.50. The maximum absolute atomic E-state index is 11.3. The quantitative estimate of drug-likeness (QED) is 0.558. The molecular formula is C19H28O4. The smallest absolute Gasteiger partial charge is 0.336 e. The first-order chi connectivity index (χ1) is 11.0. The van der Waals surface area contributed by atoms with Crippen LogP contribution in [-0.4, -0.2) is 22.2 Å². The predicted octanol–water partition coefficient (Wildman–Crippen LogP) is 5.07. The maximum Gasteiger partial charge on any atom is 0.336 e. The third-order valence-electron chi connectivity index (χ3n) is 4.32. The number of aryl methyl sites for hydroxylation is 1. The molecule has 0 atom stereocenters. The first kappa shape index (κ1) is 19.2. The van der Waals surface area contributed by atoms with Crippen molar-refractivity contribution in [2.24, 2.45) is 0 Å². The highest BCUT2D eigenvalue weighted by atomic mass is 16.4. The van der Waals surface area contributed by atoms with Crippen LogP contribution in [0.4, 0.5) is 0 Å². The Kier molecular flexibility index (Phi) is 8.38. The molecule has 0 spiro atoms. The molecule has 2 N–H and O–H groups in total. The highest BCUT2D eigenvalue weighted by Crippen LogP contribution is 2.21. The standard InChI is InChI=1S/C19H28O4/c1-3-4-5-6-7-8-9-10-11-15-12-13-16(18(20)21)17(14(15)2)19(22)23/h12-13H,3-11H2,1-2H3,(H,20,21)(H,22,23). The highest BCUT2D eigenvalue weighted by Gasteiger charge is 2.20. The third kappa shape index (κ3) is 6.05. The number of unbranched alkanes of at least 4 members (excludes halogenated alkanes) is 7. The van der Waals surface area contributed by atoms with Crippen LogP contribution in [0.1, 0.15) is 90.1 Å². The van der Waals surface area contributed by atoms with Crippen molar-refractivity contribution in [3.05, 3.63) is 34.4 Å². The number of hydrogen-bond donors (Lipinski definition) is 2. The van der Waals surface area contributed by atoms with Gasteiger partial charge in [0.1, 0.15) is 0 Å². The predicted molar refractivity (Wildman–Crippen MR) is 91.4 cm³/mol. The number of benzene rings is 1. The van der Waals surface area contributed by atoms with Crippen molar-refractivity contribution in [2.45, 2.75) is 71.6 Å². The van der Waals surface area contributed by atoms with E-state index in [4.69, 9.17) is 5.11 Å². The number of carbonyl (C=O) groups is 2. The molecule has 4 heteroatoms. The van der Waals surface area contributed by atoms with Gasteiger partial charge < -0.3 is 10.2 Å². The Bertz CT molecular complexity index is 534. The molecule has 0 unspecified atom stereocenters. The molecule has 0 saturated carbocycles. The molecule has 1 aromatic carbocycles. The lowest BCUT2D eigenvalue weighted by Gasteiger charge is -2.11. The Hall–Kier alpha value is -1.84. The summed E-state index contributed by atoms with van der Waals surface area (Å²) in [5.41, 5.74) is 1.32. The Labute approximate surface area is 138 Å². The lowest BCUT2D eigenvalue weighted by atomic mass is 9.93. The normalized spacial score (nSPS) is 10.7. The summed E-state index contributed by atoms with van der Waals surface area (Å²) in [4.78, 5) is 22.5. The van der Waals surface area contributed by atoms with E-state index in [0.29, 0.717) is 5.56 Å². The molecule has 0 aliphatic heterocycles. The lowest BCUT2D eigenvalue weighted by molar-refractivity contribution is 0.0650. The first-order valence-electron chi connectivity index (χ1n) is 8.58. The second-order valence-electron chi connectivity index (χ2n) is 6.11. The molecule has 0 bridgehead atoms. The number of carboxylic acids is 2. The van der Waals surface area contributed by atoms with E-state index in [1.165, 1.54) is 44.6 Å². The number of rotatable bonds is 11. The van der Waals surface area contributed by atoms with Gasteiger partial charge >= 0.3 is 11.9 Å². The van der Waals surface area contributed by atoms with E-state index in [9.17, 15) is 14.7 Å². The van der Waals surface area contributed by atoms with Crippen LogP contribution in [0, 0.1) is 6.92 Å². The van der Waals surface area contributed by atoms with Crippen LogP contribution in [0.2, 0.25) is 0 Å². The van der Waals surface area contributed by atoms with Gasteiger partial charge in [0.2, 0.25) is 0 Å². The van der Waals surface area contributed by atoms with Gasteiger partial charge in [0.05, 0.1) is 11.1 Å². The number of carboxylic acid groups (broad SMARTS) is 2. The molecule has 0 aliphatic rings. The minimum Gasteiger partial charge on any atom is -0.478 e. The molecule has 0 radical (unpaired) electrons. The summed E-state index contributed by atoms with van der Waals surface area (Å²) in [7, 11) is 0. The maximum atomic E-state index is 11.3. The molecule has 0 amide bonds. The molecule has 0 aromatic heterocycles. The van der Waals surface area contributed by atoms with Gasteiger partial charge in [-0.15, -0.1) is 0 Å². The van der Waals surface area contributed by atoms with Gasteiger partial charge in [-0.25, -0.2) is 9.59 Å². The third-order valence-corrected chi connectivity index (χ3v) is 4.32. The van der Waals surface area contributed by atoms with Crippen LogP contribution in [0.3, 0.4) is 0 Å². The molecule has 0 heterocycles. The largest absolute Gasteiger partial charge is 0.478 e. The zero-order valence-electron chi connectivity index (χ0n) is 14.2. The van der Waals surface area contributed by atoms with E-state index in [-0.39, 0.29) is 11.1 Å². The van der Waals surface area contributed by atoms with E-state index < -0.39 is 11.9 Å². The van der Waals surface area contributed by atoms with Gasteiger partial charge in [-0.2, -0.15) is 0 Å². The fourth-order valence-electron chi connectivity index (χ4n) is 2.93. The van der Waals surface area contributed by atoms with Crippen LogP contribution in [0.5, 0.6) is 0 Å². The molecule has 128 valence electrons. The Morgan fingerprint density at radius 1 is 0.870 bits per heavy atom. The van der Waals surface area contributed by atoms with Gasteiger partial charge in [0.15, 0.2) is 0 Å². The van der Waals surface area contributed by atoms with Crippen molar-refractivity contribution in [1.29, 1.82) is 0 Å². The van der Waals surface area contributed by atoms with Crippen LogP contribution >= 0.6 is 0 Å². The van der Waals surface area contributed by atoms with Gasteiger partial charge in [-0.05, 0) is 37.0 Å². The van der Waals surface area contributed by atoms with E-state index in [0.717, 1.165) is 24.8 Å². The van der Waals surface area contributed by atoms with Crippen LogP contribution in [0.15, 0.2) is 12.1 Å². The molecule has 4 nitrogen and oxygen atoms in total. The van der Waals surface area contributed by atoms with Crippen LogP contribution in [-0.2, 0) is 6.42 Å². The van der Waals surface area contributed by atoms with Crippen molar-refractivity contribution >= 4 is 11.9 Å². The lowest BCUT2D eigenvalue weighted by Crippen LogP contribution is -2.12. The molecule has 1 rings (SSSR count). The van der Waals surface area contributed by atoms with Gasteiger partial charge in [-0.3, -0.25) is 0 Å².